The van der Waals surface area contributed by atoms with Gasteiger partial charge in [0.15, 0.2) is 0 Å². The van der Waals surface area contributed by atoms with Gasteiger partial charge in [0.2, 0.25) is 0 Å². The predicted octanol–water partition coefficient (Wildman–Crippen LogP) is 0.951. The molecule has 3 atom stereocenters. The number of hydrogen-bond donors (Lipinski definition) is 1. The zero-order chi connectivity index (χ0) is 10.6. The second kappa shape index (κ2) is 5.69. The molecule has 0 aliphatic carbocycles. The minimum Gasteiger partial charge on any atom is -0.377 e. The van der Waals surface area contributed by atoms with Crippen molar-refractivity contribution in [3.05, 3.63) is 0 Å². The molecule has 1 rings (SSSR count). The molecule has 0 aromatic rings. The molecule has 0 amide bonds. The first-order chi connectivity index (χ1) is 6.59. The van der Waals surface area contributed by atoms with Crippen LogP contribution in [0.25, 0.3) is 0 Å². The van der Waals surface area contributed by atoms with Gasteiger partial charge in [-0.2, -0.15) is 0 Å². The number of rotatable bonds is 5. The summed E-state index contributed by atoms with van der Waals surface area (Å²) in [6.45, 7) is 7.52. The summed E-state index contributed by atoms with van der Waals surface area (Å²) in [5.74, 6) is 0.717. The van der Waals surface area contributed by atoms with Gasteiger partial charge in [-0.3, -0.25) is 0 Å². The Morgan fingerprint density at radius 1 is 1.50 bits per heavy atom. The Labute approximate surface area is 87.8 Å². The molecular formula is C11H24N2O. The van der Waals surface area contributed by atoms with Gasteiger partial charge in [0.1, 0.15) is 0 Å². The molecule has 0 aromatic heterocycles. The monoisotopic (exact) mass is 200 g/mol. The third kappa shape index (κ3) is 3.95. The zero-order valence-corrected chi connectivity index (χ0v) is 9.92. The van der Waals surface area contributed by atoms with E-state index in [1.165, 1.54) is 6.42 Å². The third-order valence-corrected chi connectivity index (χ3v) is 2.85. The second-order valence-corrected chi connectivity index (χ2v) is 4.75. The van der Waals surface area contributed by atoms with Gasteiger partial charge in [0, 0.05) is 25.7 Å². The number of nitrogens with zero attached hydrogens (tertiary/aromatic N) is 1. The molecule has 0 bridgehead atoms. The highest BCUT2D eigenvalue weighted by molar-refractivity contribution is 4.76. The molecule has 84 valence electrons. The minimum absolute atomic E-state index is 0.430. The third-order valence-electron chi connectivity index (χ3n) is 2.85. The van der Waals surface area contributed by atoms with E-state index >= 15 is 0 Å². The second-order valence-electron chi connectivity index (χ2n) is 4.75. The Balaban J connectivity index is 2.13. The zero-order valence-electron chi connectivity index (χ0n) is 9.92. The van der Waals surface area contributed by atoms with Crippen molar-refractivity contribution in [1.29, 1.82) is 0 Å². The number of likely N-dealkylation sites (N-methyl/N-ethyl adjacent to an activating group) is 1. The molecule has 1 N–H and O–H groups in total. The van der Waals surface area contributed by atoms with E-state index < -0.39 is 0 Å². The summed E-state index contributed by atoms with van der Waals surface area (Å²) in [4.78, 5) is 2.20. The Morgan fingerprint density at radius 3 is 2.71 bits per heavy atom. The molecule has 0 spiro atoms. The predicted molar refractivity (Wildman–Crippen MR) is 59.5 cm³/mol. The summed E-state index contributed by atoms with van der Waals surface area (Å²) in [7, 11) is 4.21. The Bertz CT molecular complexity index is 161. The van der Waals surface area contributed by atoms with Gasteiger partial charge in [0.05, 0.1) is 6.10 Å². The first-order valence-corrected chi connectivity index (χ1v) is 5.59. The molecule has 0 radical (unpaired) electrons. The lowest BCUT2D eigenvalue weighted by Crippen LogP contribution is -2.40. The molecule has 0 aromatic carbocycles. The van der Waals surface area contributed by atoms with Crippen LogP contribution in [0.2, 0.25) is 0 Å². The van der Waals surface area contributed by atoms with E-state index in [9.17, 15) is 0 Å². The Kier molecular flexibility index (Phi) is 4.85. The van der Waals surface area contributed by atoms with E-state index in [1.807, 2.05) is 0 Å². The first-order valence-electron chi connectivity index (χ1n) is 5.59. The van der Waals surface area contributed by atoms with E-state index in [0.717, 1.165) is 19.7 Å². The molecule has 3 unspecified atom stereocenters. The van der Waals surface area contributed by atoms with E-state index in [4.69, 9.17) is 4.74 Å². The fraction of sp³-hybridized carbons (Fsp3) is 1.00. The molecule has 3 nitrogen and oxygen atoms in total. The molecular weight excluding hydrogens is 176 g/mol. The van der Waals surface area contributed by atoms with E-state index in [2.05, 4.69) is 38.2 Å². The highest BCUT2D eigenvalue weighted by Gasteiger charge is 2.24. The topological polar surface area (TPSA) is 24.5 Å². The normalized spacial score (nSPS) is 29.8. The lowest BCUT2D eigenvalue weighted by molar-refractivity contribution is 0.0903. The summed E-state index contributed by atoms with van der Waals surface area (Å²) in [5.41, 5.74) is 0. The molecule has 1 heterocycles. The lowest BCUT2D eigenvalue weighted by Gasteiger charge is -2.21. The first kappa shape index (κ1) is 12.0. The summed E-state index contributed by atoms with van der Waals surface area (Å²) < 4.78 is 5.64. The van der Waals surface area contributed by atoms with Gasteiger partial charge in [-0.25, -0.2) is 0 Å². The number of nitrogens with one attached hydrogen (secondary N) is 1. The van der Waals surface area contributed by atoms with Crippen LogP contribution in [-0.2, 0) is 4.74 Å². The van der Waals surface area contributed by atoms with Gasteiger partial charge in [-0.1, -0.05) is 6.92 Å². The van der Waals surface area contributed by atoms with Crippen molar-refractivity contribution in [3.63, 3.8) is 0 Å². The summed E-state index contributed by atoms with van der Waals surface area (Å²) >= 11 is 0. The van der Waals surface area contributed by atoms with E-state index in [1.54, 1.807) is 0 Å². The SMILES string of the molecule is CC(CN(C)C)NCC1OCCC1C. The minimum atomic E-state index is 0.430. The van der Waals surface area contributed by atoms with Crippen molar-refractivity contribution < 1.29 is 4.74 Å². The highest BCUT2D eigenvalue weighted by atomic mass is 16.5. The van der Waals surface area contributed by atoms with Crippen molar-refractivity contribution in [1.82, 2.24) is 10.2 Å². The quantitative estimate of drug-likeness (QED) is 0.715. The van der Waals surface area contributed by atoms with Crippen LogP contribution in [0.1, 0.15) is 20.3 Å². The standard InChI is InChI=1S/C11H24N2O/c1-9-5-6-14-11(9)7-12-10(2)8-13(3)4/h9-12H,5-8H2,1-4H3. The molecule has 1 fully saturated rings. The summed E-state index contributed by atoms with van der Waals surface area (Å²) in [6, 6.07) is 0.543. The molecule has 14 heavy (non-hydrogen) atoms. The average Bonchev–Trinajstić information content (AvgIpc) is 2.46. The van der Waals surface area contributed by atoms with Crippen molar-refractivity contribution in [2.75, 3.05) is 33.8 Å². The van der Waals surface area contributed by atoms with E-state index in [0.29, 0.717) is 18.1 Å². The summed E-state index contributed by atoms with van der Waals surface area (Å²) in [6.07, 6.45) is 1.65. The van der Waals surface area contributed by atoms with Crippen LogP contribution in [0.5, 0.6) is 0 Å². The Morgan fingerprint density at radius 2 is 2.21 bits per heavy atom. The van der Waals surface area contributed by atoms with Gasteiger partial charge in [0.25, 0.3) is 0 Å². The summed E-state index contributed by atoms with van der Waals surface area (Å²) in [5, 5.41) is 3.52. The maximum Gasteiger partial charge on any atom is 0.0725 e. The van der Waals surface area contributed by atoms with Crippen LogP contribution in [0.3, 0.4) is 0 Å². The van der Waals surface area contributed by atoms with Crippen LogP contribution in [0.4, 0.5) is 0 Å². The maximum atomic E-state index is 5.64. The maximum absolute atomic E-state index is 5.64. The van der Waals surface area contributed by atoms with Crippen LogP contribution >= 0.6 is 0 Å². The van der Waals surface area contributed by atoms with Gasteiger partial charge < -0.3 is 15.0 Å². The van der Waals surface area contributed by atoms with Crippen LogP contribution in [0, 0.1) is 5.92 Å². The fourth-order valence-electron chi connectivity index (χ4n) is 1.95. The number of ether oxygens (including phenoxy) is 1. The van der Waals surface area contributed by atoms with Crippen molar-refractivity contribution in [3.8, 4) is 0 Å². The van der Waals surface area contributed by atoms with Crippen LogP contribution < -0.4 is 5.32 Å². The van der Waals surface area contributed by atoms with Crippen LogP contribution in [-0.4, -0.2) is 50.8 Å². The fourth-order valence-corrected chi connectivity index (χ4v) is 1.95. The van der Waals surface area contributed by atoms with Gasteiger partial charge in [-0.15, -0.1) is 0 Å². The Hall–Kier alpha value is -0.120. The largest absolute Gasteiger partial charge is 0.377 e. The van der Waals surface area contributed by atoms with Crippen LogP contribution in [0.15, 0.2) is 0 Å². The molecule has 1 saturated heterocycles. The lowest BCUT2D eigenvalue weighted by atomic mass is 10.0. The van der Waals surface area contributed by atoms with Crippen molar-refractivity contribution in [2.24, 2.45) is 5.92 Å². The highest BCUT2D eigenvalue weighted by Crippen LogP contribution is 2.19. The van der Waals surface area contributed by atoms with E-state index in [-0.39, 0.29) is 0 Å². The molecule has 1 aliphatic heterocycles. The smallest absolute Gasteiger partial charge is 0.0725 e. The molecule has 0 saturated carbocycles. The van der Waals surface area contributed by atoms with Crippen molar-refractivity contribution >= 4 is 0 Å². The molecule has 1 aliphatic rings. The van der Waals surface area contributed by atoms with Gasteiger partial charge >= 0.3 is 0 Å². The molecule has 3 heteroatoms. The number of hydrogen-bond acceptors (Lipinski definition) is 3. The van der Waals surface area contributed by atoms with Gasteiger partial charge in [-0.05, 0) is 33.4 Å². The average molecular weight is 200 g/mol. The van der Waals surface area contributed by atoms with Crippen molar-refractivity contribution in [2.45, 2.75) is 32.4 Å².